The number of carboxylic acids is 1. The first-order valence-electron chi connectivity index (χ1n) is 5.54. The van der Waals surface area contributed by atoms with Crippen molar-refractivity contribution < 1.29 is 14.6 Å². The molecule has 0 spiro atoms. The molecule has 88 valence electrons. The van der Waals surface area contributed by atoms with E-state index in [9.17, 15) is 4.79 Å². The highest BCUT2D eigenvalue weighted by Gasteiger charge is 2.32. The van der Waals surface area contributed by atoms with E-state index in [4.69, 9.17) is 9.84 Å². The summed E-state index contributed by atoms with van der Waals surface area (Å²) in [5.41, 5.74) is 0. The molecule has 0 heterocycles. The SMILES string of the molecule is COC1CC(NC(CC(C)C)C(=O)O)C1. The molecule has 1 saturated carbocycles. The van der Waals surface area contributed by atoms with E-state index in [-0.39, 0.29) is 0 Å². The molecular weight excluding hydrogens is 194 g/mol. The molecule has 1 aliphatic rings. The Labute approximate surface area is 91.0 Å². The Bertz CT molecular complexity index is 212. The summed E-state index contributed by atoms with van der Waals surface area (Å²) >= 11 is 0. The van der Waals surface area contributed by atoms with E-state index in [1.807, 2.05) is 13.8 Å². The Balaban J connectivity index is 2.30. The molecule has 0 radical (unpaired) electrons. The van der Waals surface area contributed by atoms with Gasteiger partial charge in [-0.1, -0.05) is 13.8 Å². The van der Waals surface area contributed by atoms with Crippen molar-refractivity contribution in [3.05, 3.63) is 0 Å². The van der Waals surface area contributed by atoms with Crippen LogP contribution in [-0.2, 0) is 9.53 Å². The van der Waals surface area contributed by atoms with Crippen molar-refractivity contribution in [2.75, 3.05) is 7.11 Å². The number of hydrogen-bond acceptors (Lipinski definition) is 3. The second-order valence-electron chi connectivity index (χ2n) is 4.71. The van der Waals surface area contributed by atoms with Gasteiger partial charge in [-0.05, 0) is 25.2 Å². The minimum atomic E-state index is -0.746. The van der Waals surface area contributed by atoms with Crippen molar-refractivity contribution in [3.63, 3.8) is 0 Å². The summed E-state index contributed by atoms with van der Waals surface area (Å²) < 4.78 is 5.15. The lowest BCUT2D eigenvalue weighted by Crippen LogP contribution is -2.51. The van der Waals surface area contributed by atoms with Gasteiger partial charge in [0.25, 0.3) is 0 Å². The predicted molar refractivity (Wildman–Crippen MR) is 57.8 cm³/mol. The van der Waals surface area contributed by atoms with Gasteiger partial charge in [0.1, 0.15) is 6.04 Å². The average Bonchev–Trinajstić information content (AvgIpc) is 2.07. The van der Waals surface area contributed by atoms with Crippen LogP contribution in [0.5, 0.6) is 0 Å². The third kappa shape index (κ3) is 3.80. The van der Waals surface area contributed by atoms with E-state index in [1.54, 1.807) is 7.11 Å². The fourth-order valence-corrected chi connectivity index (χ4v) is 1.89. The van der Waals surface area contributed by atoms with Crippen LogP contribution in [-0.4, -0.2) is 36.4 Å². The molecule has 0 aromatic rings. The van der Waals surface area contributed by atoms with Crippen LogP contribution in [0.3, 0.4) is 0 Å². The topological polar surface area (TPSA) is 58.6 Å². The third-order valence-electron chi connectivity index (χ3n) is 2.87. The van der Waals surface area contributed by atoms with Gasteiger partial charge in [-0.25, -0.2) is 0 Å². The van der Waals surface area contributed by atoms with Gasteiger partial charge in [0.2, 0.25) is 0 Å². The normalized spacial score (nSPS) is 27.5. The first-order chi connectivity index (χ1) is 7.02. The standard InChI is InChI=1S/C11H21NO3/c1-7(2)4-10(11(13)14)12-8-5-9(6-8)15-3/h7-10,12H,4-6H2,1-3H3,(H,13,14). The van der Waals surface area contributed by atoms with Gasteiger partial charge in [-0.3, -0.25) is 4.79 Å². The average molecular weight is 215 g/mol. The lowest BCUT2D eigenvalue weighted by Gasteiger charge is -2.36. The fourth-order valence-electron chi connectivity index (χ4n) is 1.89. The summed E-state index contributed by atoms with van der Waals surface area (Å²) in [5.74, 6) is -0.346. The van der Waals surface area contributed by atoms with Crippen LogP contribution in [0.2, 0.25) is 0 Å². The number of aliphatic carboxylic acids is 1. The first-order valence-corrected chi connectivity index (χ1v) is 5.54. The highest BCUT2D eigenvalue weighted by molar-refractivity contribution is 5.73. The zero-order chi connectivity index (χ0) is 11.4. The molecule has 0 amide bonds. The van der Waals surface area contributed by atoms with E-state index < -0.39 is 12.0 Å². The Morgan fingerprint density at radius 3 is 2.53 bits per heavy atom. The molecule has 4 nitrogen and oxygen atoms in total. The Morgan fingerprint density at radius 1 is 1.53 bits per heavy atom. The maximum atomic E-state index is 11.0. The monoisotopic (exact) mass is 215 g/mol. The maximum absolute atomic E-state index is 11.0. The molecule has 4 heteroatoms. The number of nitrogens with one attached hydrogen (secondary N) is 1. The lowest BCUT2D eigenvalue weighted by molar-refractivity contribution is -0.140. The third-order valence-corrected chi connectivity index (χ3v) is 2.87. The first kappa shape index (κ1) is 12.5. The summed E-state index contributed by atoms with van der Waals surface area (Å²) in [4.78, 5) is 11.0. The molecule has 0 aromatic heterocycles. The largest absolute Gasteiger partial charge is 0.480 e. The van der Waals surface area contributed by atoms with E-state index in [0.29, 0.717) is 24.5 Å². The summed E-state index contributed by atoms with van der Waals surface area (Å²) in [5, 5.41) is 12.2. The molecule has 0 bridgehead atoms. The molecule has 1 unspecified atom stereocenters. The van der Waals surface area contributed by atoms with E-state index in [2.05, 4.69) is 5.32 Å². The lowest BCUT2D eigenvalue weighted by atomic mass is 9.88. The Hall–Kier alpha value is -0.610. The highest BCUT2D eigenvalue weighted by atomic mass is 16.5. The number of carboxylic acid groups (broad SMARTS) is 1. The molecule has 0 aromatic carbocycles. The molecule has 2 N–H and O–H groups in total. The molecule has 1 aliphatic carbocycles. The zero-order valence-electron chi connectivity index (χ0n) is 9.69. The number of ether oxygens (including phenoxy) is 1. The second kappa shape index (κ2) is 5.47. The summed E-state index contributed by atoms with van der Waals surface area (Å²) in [6.45, 7) is 4.08. The van der Waals surface area contributed by atoms with Crippen molar-refractivity contribution in [2.45, 2.75) is 51.3 Å². The van der Waals surface area contributed by atoms with Crippen molar-refractivity contribution in [2.24, 2.45) is 5.92 Å². The van der Waals surface area contributed by atoms with Gasteiger partial charge in [0, 0.05) is 13.2 Å². The van der Waals surface area contributed by atoms with Gasteiger partial charge in [0.15, 0.2) is 0 Å². The fraction of sp³-hybridized carbons (Fsp3) is 0.909. The molecule has 1 atom stereocenters. The van der Waals surface area contributed by atoms with Crippen molar-refractivity contribution >= 4 is 5.97 Å². The quantitative estimate of drug-likeness (QED) is 0.700. The molecule has 1 rings (SSSR count). The number of hydrogen-bond donors (Lipinski definition) is 2. The van der Waals surface area contributed by atoms with Gasteiger partial charge in [0.05, 0.1) is 6.10 Å². The minimum Gasteiger partial charge on any atom is -0.480 e. The molecule has 15 heavy (non-hydrogen) atoms. The maximum Gasteiger partial charge on any atom is 0.320 e. The summed E-state index contributed by atoms with van der Waals surface area (Å²) in [6, 6.07) is -0.0948. The van der Waals surface area contributed by atoms with Crippen LogP contribution in [0.15, 0.2) is 0 Å². The number of rotatable bonds is 6. The van der Waals surface area contributed by atoms with Crippen LogP contribution in [0.4, 0.5) is 0 Å². The van der Waals surface area contributed by atoms with Crippen LogP contribution >= 0.6 is 0 Å². The molecule has 0 saturated heterocycles. The molecule has 1 fully saturated rings. The van der Waals surface area contributed by atoms with Gasteiger partial charge < -0.3 is 15.2 Å². The van der Waals surface area contributed by atoms with Gasteiger partial charge in [-0.2, -0.15) is 0 Å². The smallest absolute Gasteiger partial charge is 0.320 e. The van der Waals surface area contributed by atoms with Crippen molar-refractivity contribution in [1.82, 2.24) is 5.32 Å². The van der Waals surface area contributed by atoms with Crippen molar-refractivity contribution in [1.29, 1.82) is 0 Å². The highest BCUT2D eigenvalue weighted by Crippen LogP contribution is 2.23. The van der Waals surface area contributed by atoms with E-state index in [0.717, 1.165) is 12.8 Å². The number of carbonyl (C=O) groups is 1. The molecular formula is C11H21NO3. The van der Waals surface area contributed by atoms with Crippen LogP contribution < -0.4 is 5.32 Å². The van der Waals surface area contributed by atoms with Crippen LogP contribution in [0.25, 0.3) is 0 Å². The van der Waals surface area contributed by atoms with Gasteiger partial charge in [-0.15, -0.1) is 0 Å². The van der Waals surface area contributed by atoms with Crippen LogP contribution in [0, 0.1) is 5.92 Å². The molecule has 0 aliphatic heterocycles. The summed E-state index contributed by atoms with van der Waals surface area (Å²) in [7, 11) is 1.70. The van der Waals surface area contributed by atoms with Gasteiger partial charge >= 0.3 is 5.97 Å². The zero-order valence-corrected chi connectivity index (χ0v) is 9.69. The predicted octanol–water partition coefficient (Wildman–Crippen LogP) is 1.25. The van der Waals surface area contributed by atoms with Crippen LogP contribution in [0.1, 0.15) is 33.1 Å². The Kier molecular flexibility index (Phi) is 4.54. The second-order valence-corrected chi connectivity index (χ2v) is 4.71. The van der Waals surface area contributed by atoms with Crippen molar-refractivity contribution in [3.8, 4) is 0 Å². The van der Waals surface area contributed by atoms with E-state index >= 15 is 0 Å². The number of methoxy groups -OCH3 is 1. The van der Waals surface area contributed by atoms with E-state index in [1.165, 1.54) is 0 Å². The minimum absolute atomic E-state index is 0.315. The Morgan fingerprint density at radius 2 is 2.13 bits per heavy atom. The summed E-state index contributed by atoms with van der Waals surface area (Å²) in [6.07, 6.45) is 2.86.